The number of hydrogen-bond donors (Lipinski definition) is 1. The molecule has 1 fully saturated rings. The molecule has 0 saturated carbocycles. The number of hydrogen-bond acceptors (Lipinski definition) is 6. The van der Waals surface area contributed by atoms with Crippen molar-refractivity contribution < 1.29 is 24.2 Å². The number of ketones is 1. The molecule has 2 aliphatic rings. The van der Waals surface area contributed by atoms with E-state index in [9.17, 15) is 14.7 Å². The molecule has 200 valence electrons. The SMILES string of the molecule is CC1Cc2cc(/C(O)=C3\C(=O)C(=O)N(Cc4ccncc4)C3c3ccc(OCc4ccccc4)cc3)ccc2O1. The highest BCUT2D eigenvalue weighted by Crippen LogP contribution is 2.41. The molecular formula is C33H28N2O5. The van der Waals surface area contributed by atoms with Gasteiger partial charge in [0.2, 0.25) is 0 Å². The van der Waals surface area contributed by atoms with Crippen molar-refractivity contribution in [2.45, 2.75) is 38.6 Å². The van der Waals surface area contributed by atoms with E-state index in [0.29, 0.717) is 29.9 Å². The summed E-state index contributed by atoms with van der Waals surface area (Å²) in [5.74, 6) is -0.152. The average Bonchev–Trinajstić information content (AvgIpc) is 3.48. The number of nitrogens with zero attached hydrogens (tertiary/aromatic N) is 2. The van der Waals surface area contributed by atoms with E-state index in [1.807, 2.05) is 67.6 Å². The molecule has 0 bridgehead atoms. The Hall–Kier alpha value is -4.91. The summed E-state index contributed by atoms with van der Waals surface area (Å²) < 4.78 is 11.7. The van der Waals surface area contributed by atoms with Crippen LogP contribution in [0, 0.1) is 0 Å². The summed E-state index contributed by atoms with van der Waals surface area (Å²) in [6.07, 6.45) is 4.04. The Kier molecular flexibility index (Phi) is 6.78. The number of carbonyl (C=O) groups excluding carboxylic acids is 2. The topological polar surface area (TPSA) is 89.0 Å². The Morgan fingerprint density at radius 1 is 0.975 bits per heavy atom. The molecule has 0 spiro atoms. The molecule has 1 amide bonds. The quantitative estimate of drug-likeness (QED) is 0.189. The first kappa shape index (κ1) is 25.4. The number of Topliss-reactive ketones (excluding diaryl/α,β-unsaturated/α-hetero) is 1. The van der Waals surface area contributed by atoms with Crippen LogP contribution in [-0.4, -0.2) is 32.8 Å². The molecule has 1 saturated heterocycles. The monoisotopic (exact) mass is 532 g/mol. The lowest BCUT2D eigenvalue weighted by Gasteiger charge is -2.25. The van der Waals surface area contributed by atoms with Crippen molar-refractivity contribution in [1.82, 2.24) is 9.88 Å². The van der Waals surface area contributed by atoms with Gasteiger partial charge in [-0.1, -0.05) is 42.5 Å². The van der Waals surface area contributed by atoms with Crippen molar-refractivity contribution in [3.8, 4) is 11.5 Å². The first-order valence-corrected chi connectivity index (χ1v) is 13.2. The van der Waals surface area contributed by atoms with Gasteiger partial charge in [-0.3, -0.25) is 14.6 Å². The van der Waals surface area contributed by atoms with Crippen molar-refractivity contribution in [2.24, 2.45) is 0 Å². The second-order valence-electron chi connectivity index (χ2n) is 10.1. The molecule has 4 aromatic rings. The van der Waals surface area contributed by atoms with E-state index < -0.39 is 17.7 Å². The Labute approximate surface area is 232 Å². The molecule has 2 unspecified atom stereocenters. The summed E-state index contributed by atoms with van der Waals surface area (Å²) >= 11 is 0. The van der Waals surface area contributed by atoms with E-state index in [4.69, 9.17) is 9.47 Å². The lowest BCUT2D eigenvalue weighted by molar-refractivity contribution is -0.140. The standard InChI is InChI=1S/C33H28N2O5/c1-21-17-26-18-25(9-12-28(26)40-21)31(36)29-30(35(33(38)32(29)37)19-22-13-15-34-16-14-22)24-7-10-27(11-8-24)39-20-23-5-3-2-4-6-23/h2-16,18,21,30,36H,17,19-20H2,1H3/b31-29+. The smallest absolute Gasteiger partial charge is 0.295 e. The molecule has 3 aromatic carbocycles. The molecule has 1 aromatic heterocycles. The van der Waals surface area contributed by atoms with Gasteiger partial charge in [-0.2, -0.15) is 0 Å². The third kappa shape index (κ3) is 4.94. The van der Waals surface area contributed by atoms with E-state index in [1.54, 1.807) is 36.7 Å². The van der Waals surface area contributed by atoms with Crippen molar-refractivity contribution in [1.29, 1.82) is 0 Å². The molecule has 2 aliphatic heterocycles. The lowest BCUT2D eigenvalue weighted by atomic mass is 9.94. The van der Waals surface area contributed by atoms with Crippen molar-refractivity contribution in [3.63, 3.8) is 0 Å². The predicted octanol–water partition coefficient (Wildman–Crippen LogP) is 5.61. The fraction of sp³-hybridized carbons (Fsp3) is 0.182. The van der Waals surface area contributed by atoms with Gasteiger partial charge in [-0.25, -0.2) is 0 Å². The van der Waals surface area contributed by atoms with Crippen LogP contribution >= 0.6 is 0 Å². The van der Waals surface area contributed by atoms with Gasteiger partial charge in [0.25, 0.3) is 11.7 Å². The number of likely N-dealkylation sites (tertiary alicyclic amines) is 1. The Morgan fingerprint density at radius 2 is 1.73 bits per heavy atom. The number of fused-ring (bicyclic) bond motifs is 1. The molecule has 3 heterocycles. The molecule has 0 aliphatic carbocycles. The highest BCUT2D eigenvalue weighted by atomic mass is 16.5. The first-order valence-electron chi connectivity index (χ1n) is 13.2. The molecule has 0 radical (unpaired) electrons. The van der Waals surface area contributed by atoms with Crippen LogP contribution in [0.25, 0.3) is 5.76 Å². The summed E-state index contributed by atoms with van der Waals surface area (Å²) in [4.78, 5) is 32.4. The maximum absolute atomic E-state index is 13.4. The summed E-state index contributed by atoms with van der Waals surface area (Å²) in [6.45, 7) is 2.59. The van der Waals surface area contributed by atoms with Crippen LogP contribution in [-0.2, 0) is 29.2 Å². The number of aliphatic hydroxyl groups excluding tert-OH is 1. The van der Waals surface area contributed by atoms with Gasteiger partial charge < -0.3 is 19.5 Å². The zero-order chi connectivity index (χ0) is 27.6. The number of pyridine rings is 1. The number of amides is 1. The van der Waals surface area contributed by atoms with E-state index in [1.165, 1.54) is 4.90 Å². The third-order valence-electron chi connectivity index (χ3n) is 7.26. The molecule has 2 atom stereocenters. The predicted molar refractivity (Wildman–Crippen MR) is 150 cm³/mol. The summed E-state index contributed by atoms with van der Waals surface area (Å²) in [5, 5.41) is 11.5. The minimum Gasteiger partial charge on any atom is -0.507 e. The second kappa shape index (κ2) is 10.7. The van der Waals surface area contributed by atoms with Crippen LogP contribution in [0.5, 0.6) is 11.5 Å². The molecular weight excluding hydrogens is 504 g/mol. The fourth-order valence-electron chi connectivity index (χ4n) is 5.29. The summed E-state index contributed by atoms with van der Waals surface area (Å²) in [6, 6.07) is 25.4. The minimum atomic E-state index is -0.778. The first-order chi connectivity index (χ1) is 19.5. The summed E-state index contributed by atoms with van der Waals surface area (Å²) in [7, 11) is 0. The van der Waals surface area contributed by atoms with Gasteiger partial charge in [0.15, 0.2) is 0 Å². The number of aliphatic hydroxyl groups is 1. The van der Waals surface area contributed by atoms with E-state index in [-0.39, 0.29) is 24.0 Å². The minimum absolute atomic E-state index is 0.0426. The molecule has 6 rings (SSSR count). The number of rotatable bonds is 7. The van der Waals surface area contributed by atoms with Crippen molar-refractivity contribution >= 4 is 17.4 Å². The Balaban J connectivity index is 1.37. The molecule has 7 nitrogen and oxygen atoms in total. The Morgan fingerprint density at radius 3 is 2.48 bits per heavy atom. The van der Waals surface area contributed by atoms with Crippen LogP contribution < -0.4 is 9.47 Å². The maximum Gasteiger partial charge on any atom is 0.295 e. The van der Waals surface area contributed by atoms with Gasteiger partial charge >= 0.3 is 0 Å². The molecule has 40 heavy (non-hydrogen) atoms. The van der Waals surface area contributed by atoms with Gasteiger partial charge in [0.05, 0.1) is 11.6 Å². The van der Waals surface area contributed by atoms with Crippen molar-refractivity contribution in [3.05, 3.63) is 131 Å². The van der Waals surface area contributed by atoms with E-state index >= 15 is 0 Å². The van der Waals surface area contributed by atoms with Crippen LogP contribution in [0.4, 0.5) is 0 Å². The highest BCUT2D eigenvalue weighted by Gasteiger charge is 2.46. The zero-order valence-corrected chi connectivity index (χ0v) is 22.0. The highest BCUT2D eigenvalue weighted by molar-refractivity contribution is 6.46. The number of carbonyl (C=O) groups is 2. The largest absolute Gasteiger partial charge is 0.507 e. The summed E-state index contributed by atoms with van der Waals surface area (Å²) in [5.41, 5.74) is 4.06. The normalized spacial score (nSPS) is 19.4. The van der Waals surface area contributed by atoms with Gasteiger partial charge in [0.1, 0.15) is 30.0 Å². The van der Waals surface area contributed by atoms with Crippen molar-refractivity contribution in [2.75, 3.05) is 0 Å². The van der Waals surface area contributed by atoms with Crippen LogP contribution in [0.15, 0.2) is 103 Å². The second-order valence-corrected chi connectivity index (χ2v) is 10.1. The molecule has 1 N–H and O–H groups in total. The van der Waals surface area contributed by atoms with Crippen LogP contribution in [0.1, 0.15) is 40.8 Å². The van der Waals surface area contributed by atoms with E-state index in [2.05, 4.69) is 4.98 Å². The van der Waals surface area contributed by atoms with Gasteiger partial charge in [0, 0.05) is 30.9 Å². The van der Waals surface area contributed by atoms with Gasteiger partial charge in [-0.05, 0) is 71.6 Å². The lowest BCUT2D eigenvalue weighted by Crippen LogP contribution is -2.29. The number of benzene rings is 3. The van der Waals surface area contributed by atoms with Crippen LogP contribution in [0.2, 0.25) is 0 Å². The molecule has 7 heteroatoms. The van der Waals surface area contributed by atoms with E-state index in [0.717, 1.165) is 22.4 Å². The average molecular weight is 533 g/mol. The number of aromatic nitrogens is 1. The number of ether oxygens (including phenoxy) is 2. The fourth-order valence-corrected chi connectivity index (χ4v) is 5.29. The third-order valence-corrected chi connectivity index (χ3v) is 7.26. The van der Waals surface area contributed by atoms with Gasteiger partial charge in [-0.15, -0.1) is 0 Å². The Bertz CT molecular complexity index is 1580. The maximum atomic E-state index is 13.4. The van der Waals surface area contributed by atoms with Crippen LogP contribution in [0.3, 0.4) is 0 Å². The zero-order valence-electron chi connectivity index (χ0n) is 22.0.